The minimum absolute atomic E-state index is 0.0410. The second-order valence-corrected chi connectivity index (χ2v) is 7.80. The second-order valence-electron chi connectivity index (χ2n) is 7.80. The van der Waals surface area contributed by atoms with Crippen molar-refractivity contribution in [3.8, 4) is 0 Å². The van der Waals surface area contributed by atoms with Gasteiger partial charge in [0, 0.05) is 30.8 Å². The van der Waals surface area contributed by atoms with Crippen LogP contribution in [-0.2, 0) is 9.59 Å². The summed E-state index contributed by atoms with van der Waals surface area (Å²) >= 11 is 0. The molecule has 4 rings (SSSR count). The standard InChI is InChI=1S/C23H26N4O2/c1-3-22(28)27-12-4-5-19(14-27)17-8-6-16(7-9-17)15(2)23(29)24-21-13-20(25-26-21)18-10-11-18/h3,5-9,13,15,18H,1,4,10-12,14H2,2H3,(H2,24,25,26,29)/t15-/m0/s1. The number of nitrogens with zero attached hydrogens (tertiary/aromatic N) is 2. The number of anilines is 1. The Kier molecular flexibility index (Phi) is 5.34. The van der Waals surface area contributed by atoms with Crippen LogP contribution < -0.4 is 5.32 Å². The molecule has 1 aromatic heterocycles. The number of benzene rings is 1. The molecule has 29 heavy (non-hydrogen) atoms. The summed E-state index contributed by atoms with van der Waals surface area (Å²) in [5.41, 5.74) is 4.24. The predicted octanol–water partition coefficient (Wildman–Crippen LogP) is 3.83. The molecule has 1 saturated carbocycles. The van der Waals surface area contributed by atoms with Crippen molar-refractivity contribution in [2.24, 2.45) is 0 Å². The van der Waals surface area contributed by atoms with Crippen molar-refractivity contribution < 1.29 is 9.59 Å². The van der Waals surface area contributed by atoms with E-state index in [9.17, 15) is 9.59 Å². The first kappa shape index (κ1) is 19.2. The Morgan fingerprint density at radius 3 is 2.76 bits per heavy atom. The Bertz CT molecular complexity index is 954. The fourth-order valence-electron chi connectivity index (χ4n) is 3.65. The molecule has 1 fully saturated rings. The molecule has 0 spiro atoms. The molecule has 2 heterocycles. The van der Waals surface area contributed by atoms with Gasteiger partial charge in [0.1, 0.15) is 0 Å². The van der Waals surface area contributed by atoms with E-state index in [1.54, 1.807) is 4.90 Å². The summed E-state index contributed by atoms with van der Waals surface area (Å²) in [5.74, 6) is 0.751. The molecule has 2 N–H and O–H groups in total. The van der Waals surface area contributed by atoms with Gasteiger partial charge in [-0.1, -0.05) is 36.9 Å². The first-order chi connectivity index (χ1) is 14.0. The van der Waals surface area contributed by atoms with Crippen molar-refractivity contribution >= 4 is 23.2 Å². The zero-order chi connectivity index (χ0) is 20.4. The van der Waals surface area contributed by atoms with E-state index in [0.717, 1.165) is 35.4 Å². The van der Waals surface area contributed by atoms with Crippen molar-refractivity contribution in [1.29, 1.82) is 0 Å². The third-order valence-corrected chi connectivity index (χ3v) is 5.68. The van der Waals surface area contributed by atoms with Crippen LogP contribution in [0.15, 0.2) is 49.1 Å². The van der Waals surface area contributed by atoms with Gasteiger partial charge in [-0.15, -0.1) is 0 Å². The van der Waals surface area contributed by atoms with E-state index in [-0.39, 0.29) is 17.7 Å². The number of rotatable bonds is 6. The molecule has 1 atom stereocenters. The van der Waals surface area contributed by atoms with E-state index >= 15 is 0 Å². The zero-order valence-corrected chi connectivity index (χ0v) is 16.6. The fraction of sp³-hybridized carbons (Fsp3) is 0.348. The Labute approximate surface area is 170 Å². The van der Waals surface area contributed by atoms with Crippen molar-refractivity contribution in [3.05, 3.63) is 65.9 Å². The monoisotopic (exact) mass is 390 g/mol. The summed E-state index contributed by atoms with van der Waals surface area (Å²) in [6.07, 6.45) is 6.75. The molecule has 0 unspecified atom stereocenters. The van der Waals surface area contributed by atoms with Crippen LogP contribution in [-0.4, -0.2) is 40.0 Å². The lowest BCUT2D eigenvalue weighted by atomic mass is 9.95. The molecule has 2 amide bonds. The average molecular weight is 390 g/mol. The largest absolute Gasteiger partial charge is 0.335 e. The first-order valence-corrected chi connectivity index (χ1v) is 10.1. The van der Waals surface area contributed by atoms with Crippen molar-refractivity contribution in [2.75, 3.05) is 18.4 Å². The molecule has 6 nitrogen and oxygen atoms in total. The molecule has 0 saturated heterocycles. The lowest BCUT2D eigenvalue weighted by Gasteiger charge is -2.26. The summed E-state index contributed by atoms with van der Waals surface area (Å²) in [7, 11) is 0. The van der Waals surface area contributed by atoms with E-state index < -0.39 is 0 Å². The van der Waals surface area contributed by atoms with Crippen LogP contribution in [0.3, 0.4) is 0 Å². The van der Waals surface area contributed by atoms with Crippen LogP contribution in [0, 0.1) is 0 Å². The van der Waals surface area contributed by atoms with E-state index in [4.69, 9.17) is 0 Å². The molecule has 1 aliphatic heterocycles. The highest BCUT2D eigenvalue weighted by Crippen LogP contribution is 2.39. The highest BCUT2D eigenvalue weighted by molar-refractivity contribution is 5.95. The number of nitrogens with one attached hydrogen (secondary N) is 2. The Morgan fingerprint density at radius 1 is 1.31 bits per heavy atom. The number of carbonyl (C=O) groups is 2. The quantitative estimate of drug-likeness (QED) is 0.736. The number of amides is 2. The van der Waals surface area contributed by atoms with Crippen LogP contribution >= 0.6 is 0 Å². The van der Waals surface area contributed by atoms with Gasteiger partial charge in [0.2, 0.25) is 11.8 Å². The Hall–Kier alpha value is -3.15. The third kappa shape index (κ3) is 4.31. The SMILES string of the molecule is C=CC(=O)N1CCC=C(c2ccc([C@H](C)C(=O)Nc3cc(C4CC4)[nH]n3)cc2)C1. The Morgan fingerprint density at radius 2 is 2.07 bits per heavy atom. The number of hydrogen-bond donors (Lipinski definition) is 2. The van der Waals surface area contributed by atoms with Crippen LogP contribution in [0.4, 0.5) is 5.82 Å². The number of aromatic amines is 1. The van der Waals surface area contributed by atoms with Crippen molar-refractivity contribution in [1.82, 2.24) is 15.1 Å². The molecule has 0 bridgehead atoms. The topological polar surface area (TPSA) is 78.1 Å². The summed E-state index contributed by atoms with van der Waals surface area (Å²) in [6, 6.07) is 9.93. The lowest BCUT2D eigenvalue weighted by Crippen LogP contribution is -2.34. The highest BCUT2D eigenvalue weighted by Gasteiger charge is 2.26. The van der Waals surface area contributed by atoms with Crippen molar-refractivity contribution in [3.63, 3.8) is 0 Å². The van der Waals surface area contributed by atoms with E-state index in [2.05, 4.69) is 28.2 Å². The van der Waals surface area contributed by atoms with Crippen LogP contribution in [0.25, 0.3) is 5.57 Å². The highest BCUT2D eigenvalue weighted by atomic mass is 16.2. The maximum absolute atomic E-state index is 12.6. The van der Waals surface area contributed by atoms with Gasteiger partial charge in [-0.3, -0.25) is 14.7 Å². The molecule has 1 aliphatic carbocycles. The first-order valence-electron chi connectivity index (χ1n) is 10.1. The van der Waals surface area contributed by atoms with Crippen LogP contribution in [0.1, 0.15) is 54.8 Å². The lowest BCUT2D eigenvalue weighted by molar-refractivity contribution is -0.125. The van der Waals surface area contributed by atoms with Crippen LogP contribution in [0.5, 0.6) is 0 Å². The molecule has 6 heteroatoms. The minimum atomic E-state index is -0.288. The van der Waals surface area contributed by atoms with E-state index in [1.165, 1.54) is 18.9 Å². The summed E-state index contributed by atoms with van der Waals surface area (Å²) < 4.78 is 0. The van der Waals surface area contributed by atoms with E-state index in [0.29, 0.717) is 18.3 Å². The van der Waals surface area contributed by atoms with Gasteiger partial charge < -0.3 is 10.2 Å². The number of aromatic nitrogens is 2. The fourth-order valence-corrected chi connectivity index (χ4v) is 3.65. The number of H-pyrrole nitrogens is 1. The van der Waals surface area contributed by atoms with Gasteiger partial charge in [0.15, 0.2) is 5.82 Å². The van der Waals surface area contributed by atoms with Gasteiger partial charge in [0.25, 0.3) is 0 Å². The second kappa shape index (κ2) is 8.07. The van der Waals surface area contributed by atoms with Gasteiger partial charge in [0.05, 0.1) is 5.92 Å². The van der Waals surface area contributed by atoms with Gasteiger partial charge in [-0.05, 0) is 49.0 Å². The van der Waals surface area contributed by atoms with Crippen LogP contribution in [0.2, 0.25) is 0 Å². The number of hydrogen-bond acceptors (Lipinski definition) is 3. The number of carbonyl (C=O) groups excluding carboxylic acids is 2. The maximum Gasteiger partial charge on any atom is 0.246 e. The zero-order valence-electron chi connectivity index (χ0n) is 16.6. The molecule has 2 aromatic rings. The predicted molar refractivity (Wildman–Crippen MR) is 113 cm³/mol. The summed E-state index contributed by atoms with van der Waals surface area (Å²) in [5, 5.41) is 10.1. The molecule has 0 radical (unpaired) electrons. The van der Waals surface area contributed by atoms with Gasteiger partial charge >= 0.3 is 0 Å². The average Bonchev–Trinajstić information content (AvgIpc) is 3.52. The molecule has 1 aromatic carbocycles. The molecular formula is C23H26N4O2. The van der Waals surface area contributed by atoms with Crippen molar-refractivity contribution in [2.45, 2.75) is 38.0 Å². The normalized spacial score (nSPS) is 17.4. The smallest absolute Gasteiger partial charge is 0.246 e. The summed E-state index contributed by atoms with van der Waals surface area (Å²) in [4.78, 5) is 26.3. The minimum Gasteiger partial charge on any atom is -0.335 e. The van der Waals surface area contributed by atoms with E-state index in [1.807, 2.05) is 37.3 Å². The Balaban J connectivity index is 1.40. The molecule has 150 valence electrons. The molecule has 2 aliphatic rings. The maximum atomic E-state index is 12.6. The third-order valence-electron chi connectivity index (χ3n) is 5.68. The summed E-state index contributed by atoms with van der Waals surface area (Å²) in [6.45, 7) is 6.77. The van der Waals surface area contributed by atoms with Gasteiger partial charge in [-0.25, -0.2) is 0 Å². The van der Waals surface area contributed by atoms with Gasteiger partial charge in [-0.2, -0.15) is 5.10 Å². The molecular weight excluding hydrogens is 364 g/mol.